The number of carbonyl (C=O) groups excluding carboxylic acids is 1. The fraction of sp³-hybridized carbons (Fsp3) is 0.550. The number of amides is 1. The zero-order chi connectivity index (χ0) is 19.2. The van der Waals surface area contributed by atoms with Crippen molar-refractivity contribution in [3.63, 3.8) is 0 Å². The van der Waals surface area contributed by atoms with Gasteiger partial charge in [-0.25, -0.2) is 13.9 Å². The fourth-order valence-corrected chi connectivity index (χ4v) is 4.06. The van der Waals surface area contributed by atoms with Gasteiger partial charge in [0.2, 0.25) is 5.91 Å². The van der Waals surface area contributed by atoms with E-state index in [9.17, 15) is 14.0 Å². The van der Waals surface area contributed by atoms with Crippen LogP contribution in [-0.2, 0) is 17.8 Å². The minimum atomic E-state index is -1.34. The van der Waals surface area contributed by atoms with Gasteiger partial charge in [0.25, 0.3) is 0 Å². The molecular formula is C20H25FN4O2. The third-order valence-corrected chi connectivity index (χ3v) is 5.60. The largest absolute Gasteiger partial charge is 0.346 e. The first-order chi connectivity index (χ1) is 12.8. The van der Waals surface area contributed by atoms with Gasteiger partial charge in [-0.2, -0.15) is 5.10 Å². The molecule has 1 fully saturated rings. The van der Waals surface area contributed by atoms with Crippen LogP contribution in [0.2, 0.25) is 0 Å². The van der Waals surface area contributed by atoms with Gasteiger partial charge in [-0.05, 0) is 32.3 Å². The second kappa shape index (κ2) is 6.62. The van der Waals surface area contributed by atoms with Crippen LogP contribution in [0.1, 0.15) is 49.2 Å². The summed E-state index contributed by atoms with van der Waals surface area (Å²) in [5.74, 6) is 0.494. The first-order valence-corrected chi connectivity index (χ1v) is 9.55. The smallest absolute Gasteiger partial charge is 0.338 e. The molecule has 0 radical (unpaired) electrons. The monoisotopic (exact) mass is 372 g/mol. The number of aryl methyl sites for hydroxylation is 2. The predicted molar refractivity (Wildman–Crippen MR) is 99.5 cm³/mol. The van der Waals surface area contributed by atoms with Gasteiger partial charge in [-0.3, -0.25) is 9.36 Å². The first-order valence-electron chi connectivity index (χ1n) is 9.55. The van der Waals surface area contributed by atoms with Crippen LogP contribution in [0.15, 0.2) is 29.1 Å². The third kappa shape index (κ3) is 3.42. The van der Waals surface area contributed by atoms with Gasteiger partial charge in [0.1, 0.15) is 17.5 Å². The highest BCUT2D eigenvalue weighted by Gasteiger charge is 2.40. The topological polar surface area (TPSA) is 60.1 Å². The number of carbonyl (C=O) groups is 1. The molecule has 2 aliphatic heterocycles. The maximum atomic E-state index is 14.2. The van der Waals surface area contributed by atoms with Crippen molar-refractivity contribution in [2.75, 3.05) is 13.1 Å². The second-order valence-electron chi connectivity index (χ2n) is 8.04. The average Bonchev–Trinajstić information content (AvgIpc) is 3.16. The summed E-state index contributed by atoms with van der Waals surface area (Å²) in [6.45, 7) is 4.43. The van der Waals surface area contributed by atoms with E-state index < -0.39 is 11.7 Å². The van der Waals surface area contributed by atoms with Gasteiger partial charge in [-0.15, -0.1) is 0 Å². The number of nitrogens with zero attached hydrogens (tertiary/aromatic N) is 4. The van der Waals surface area contributed by atoms with E-state index in [-0.39, 0.29) is 18.1 Å². The molecule has 0 unspecified atom stereocenters. The van der Waals surface area contributed by atoms with Gasteiger partial charge >= 0.3 is 5.69 Å². The molecule has 3 heterocycles. The Kier molecular flexibility index (Phi) is 4.40. The lowest BCUT2D eigenvalue weighted by Gasteiger charge is -2.27. The molecule has 4 rings (SSSR count). The van der Waals surface area contributed by atoms with Crippen molar-refractivity contribution in [2.24, 2.45) is 0 Å². The summed E-state index contributed by atoms with van der Waals surface area (Å²) in [6, 6.07) is 7.40. The molecule has 1 aromatic carbocycles. The number of alkyl halides is 1. The average molecular weight is 372 g/mol. The molecule has 0 bridgehead atoms. The number of aromatic nitrogens is 3. The Labute approximate surface area is 157 Å². The lowest BCUT2D eigenvalue weighted by Crippen LogP contribution is -2.42. The van der Waals surface area contributed by atoms with E-state index in [0.717, 1.165) is 17.5 Å². The van der Waals surface area contributed by atoms with Crippen LogP contribution in [-0.4, -0.2) is 43.9 Å². The molecule has 1 amide bonds. The number of benzene rings is 1. The van der Waals surface area contributed by atoms with Crippen LogP contribution in [0.4, 0.5) is 4.39 Å². The van der Waals surface area contributed by atoms with E-state index in [0.29, 0.717) is 38.2 Å². The molecule has 2 aromatic rings. The minimum absolute atomic E-state index is 0.101. The Morgan fingerprint density at radius 1 is 1.33 bits per heavy atom. The molecule has 2 atom stereocenters. The number of halogens is 1. The Morgan fingerprint density at radius 2 is 2.07 bits per heavy atom. The van der Waals surface area contributed by atoms with E-state index in [1.807, 2.05) is 31.2 Å². The summed E-state index contributed by atoms with van der Waals surface area (Å²) in [5.41, 5.74) is 0.555. The Balaban J connectivity index is 1.61. The number of hydrogen-bond acceptors (Lipinski definition) is 3. The molecule has 144 valence electrons. The standard InChI is InChI=1S/C20H25FN4O2/c1-14-6-8-15(9-7-14)12-24-19(27)25-16(4-3-5-17(25)22-24)18(26)23-11-10-20(2,21)13-23/h6-9,16H,3-5,10-13H2,1-2H3/t16-,20+/m0/s1. The molecule has 7 heteroatoms. The van der Waals surface area contributed by atoms with Crippen molar-refractivity contribution >= 4 is 5.91 Å². The van der Waals surface area contributed by atoms with Gasteiger partial charge in [0.15, 0.2) is 0 Å². The summed E-state index contributed by atoms with van der Waals surface area (Å²) < 4.78 is 17.1. The normalized spacial score (nSPS) is 24.9. The van der Waals surface area contributed by atoms with Crippen molar-refractivity contribution in [3.05, 3.63) is 51.7 Å². The summed E-state index contributed by atoms with van der Waals surface area (Å²) in [5, 5.41) is 4.48. The molecular weight excluding hydrogens is 347 g/mol. The van der Waals surface area contributed by atoms with Crippen LogP contribution in [0.25, 0.3) is 0 Å². The summed E-state index contributed by atoms with van der Waals surface area (Å²) in [7, 11) is 0. The van der Waals surface area contributed by atoms with Gasteiger partial charge in [0, 0.05) is 19.4 Å². The number of rotatable bonds is 3. The molecule has 27 heavy (non-hydrogen) atoms. The SMILES string of the molecule is Cc1ccc(Cn2nc3n(c2=O)[C@H](C(=O)N2CC[C@@](C)(F)C2)CCC3)cc1. The van der Waals surface area contributed by atoms with Crippen molar-refractivity contribution < 1.29 is 9.18 Å². The molecule has 1 aromatic heterocycles. The minimum Gasteiger partial charge on any atom is -0.338 e. The van der Waals surface area contributed by atoms with Crippen LogP contribution in [0, 0.1) is 6.92 Å². The van der Waals surface area contributed by atoms with Crippen molar-refractivity contribution in [1.82, 2.24) is 19.2 Å². The summed E-state index contributed by atoms with van der Waals surface area (Å²) in [4.78, 5) is 27.5. The molecule has 0 spiro atoms. The van der Waals surface area contributed by atoms with Crippen molar-refractivity contribution in [1.29, 1.82) is 0 Å². The predicted octanol–water partition coefficient (Wildman–Crippen LogP) is 2.24. The van der Waals surface area contributed by atoms with E-state index >= 15 is 0 Å². The first kappa shape index (κ1) is 17.9. The molecule has 0 aliphatic carbocycles. The van der Waals surface area contributed by atoms with E-state index in [1.165, 1.54) is 16.2 Å². The summed E-state index contributed by atoms with van der Waals surface area (Å²) >= 11 is 0. The second-order valence-corrected chi connectivity index (χ2v) is 8.04. The quantitative estimate of drug-likeness (QED) is 0.830. The van der Waals surface area contributed by atoms with Crippen LogP contribution < -0.4 is 5.69 Å². The number of likely N-dealkylation sites (tertiary alicyclic amines) is 1. The molecule has 0 saturated carbocycles. The van der Waals surface area contributed by atoms with E-state index in [2.05, 4.69) is 5.10 Å². The maximum Gasteiger partial charge on any atom is 0.346 e. The van der Waals surface area contributed by atoms with E-state index in [4.69, 9.17) is 0 Å². The maximum absolute atomic E-state index is 14.2. The van der Waals surface area contributed by atoms with E-state index in [1.54, 1.807) is 4.90 Å². The molecule has 0 N–H and O–H groups in total. The highest BCUT2D eigenvalue weighted by Crippen LogP contribution is 2.30. The Bertz CT molecular complexity index is 913. The van der Waals surface area contributed by atoms with Crippen molar-refractivity contribution in [3.8, 4) is 0 Å². The summed E-state index contributed by atoms with van der Waals surface area (Å²) in [6.07, 6.45) is 2.43. The zero-order valence-electron chi connectivity index (χ0n) is 15.8. The molecule has 6 nitrogen and oxygen atoms in total. The van der Waals surface area contributed by atoms with Crippen LogP contribution >= 0.6 is 0 Å². The lowest BCUT2D eigenvalue weighted by molar-refractivity contribution is -0.134. The van der Waals surface area contributed by atoms with Crippen LogP contribution in [0.5, 0.6) is 0 Å². The third-order valence-electron chi connectivity index (χ3n) is 5.60. The Morgan fingerprint density at radius 3 is 2.74 bits per heavy atom. The van der Waals surface area contributed by atoms with Crippen LogP contribution in [0.3, 0.4) is 0 Å². The fourth-order valence-electron chi connectivity index (χ4n) is 4.06. The van der Waals surface area contributed by atoms with Gasteiger partial charge in [-0.1, -0.05) is 29.8 Å². The lowest BCUT2D eigenvalue weighted by atomic mass is 10.0. The molecule has 2 aliphatic rings. The highest BCUT2D eigenvalue weighted by molar-refractivity contribution is 5.81. The van der Waals surface area contributed by atoms with Gasteiger partial charge in [0.05, 0.1) is 13.1 Å². The molecule has 1 saturated heterocycles. The highest BCUT2D eigenvalue weighted by atomic mass is 19.1. The zero-order valence-corrected chi connectivity index (χ0v) is 15.8. The van der Waals surface area contributed by atoms with Gasteiger partial charge < -0.3 is 4.90 Å². The Hall–Kier alpha value is -2.44. The van der Waals surface area contributed by atoms with Crippen molar-refractivity contribution in [2.45, 2.75) is 57.8 Å². The number of fused-ring (bicyclic) bond motifs is 1. The number of hydrogen-bond donors (Lipinski definition) is 0.